The first-order chi connectivity index (χ1) is 9.29. The molecule has 0 radical (unpaired) electrons. The van der Waals surface area contributed by atoms with E-state index in [1.165, 1.54) is 18.2 Å². The quantitative estimate of drug-likeness (QED) is 0.791. The Morgan fingerprint density at radius 1 is 1.30 bits per heavy atom. The van der Waals surface area contributed by atoms with E-state index in [2.05, 4.69) is 9.72 Å². The number of methoxy groups -OCH3 is 1. The number of rotatable bonds is 4. The lowest BCUT2D eigenvalue weighted by Gasteiger charge is -2.25. The van der Waals surface area contributed by atoms with Crippen molar-refractivity contribution in [3.63, 3.8) is 0 Å². The molecule has 0 bridgehead atoms. The maximum atomic E-state index is 12.4. The molecule has 0 aliphatic carbocycles. The molecule has 0 N–H and O–H groups in total. The third kappa shape index (κ3) is 3.75. The van der Waals surface area contributed by atoms with Gasteiger partial charge >= 0.3 is 5.97 Å². The number of halogens is 3. The molecular weight excluding hydrogens is 327 g/mol. The molecule has 5 nitrogen and oxygen atoms in total. The van der Waals surface area contributed by atoms with Crippen molar-refractivity contribution in [1.82, 2.24) is 9.88 Å². The van der Waals surface area contributed by atoms with E-state index >= 15 is 0 Å². The van der Waals surface area contributed by atoms with E-state index in [9.17, 15) is 9.59 Å². The topological polar surface area (TPSA) is 59.5 Å². The standard InChI is InChI=1S/C12H13Cl3N2O3/c1-6(2)17(5-8(18)20-3)12(19)11-10(15)9(14)7(13)4-16-11/h4,6H,5H2,1-3H3. The van der Waals surface area contributed by atoms with E-state index in [0.717, 1.165) is 0 Å². The average molecular weight is 340 g/mol. The largest absolute Gasteiger partial charge is 0.468 e. The maximum absolute atomic E-state index is 12.4. The minimum Gasteiger partial charge on any atom is -0.468 e. The van der Waals surface area contributed by atoms with E-state index in [0.29, 0.717) is 0 Å². The van der Waals surface area contributed by atoms with Crippen LogP contribution in [-0.4, -0.2) is 41.5 Å². The lowest BCUT2D eigenvalue weighted by atomic mass is 10.2. The molecule has 1 aromatic heterocycles. The molecule has 0 atom stereocenters. The number of ether oxygens (including phenoxy) is 1. The fraction of sp³-hybridized carbons (Fsp3) is 0.417. The zero-order chi connectivity index (χ0) is 15.4. The Kier molecular flexibility index (Phi) is 6.05. The fourth-order valence-corrected chi connectivity index (χ4v) is 1.98. The third-order valence-electron chi connectivity index (χ3n) is 2.53. The Balaban J connectivity index is 3.13. The molecule has 0 unspecified atom stereocenters. The van der Waals surface area contributed by atoms with Crippen molar-refractivity contribution in [2.24, 2.45) is 0 Å². The van der Waals surface area contributed by atoms with Crippen LogP contribution in [0.5, 0.6) is 0 Å². The highest BCUT2D eigenvalue weighted by Gasteiger charge is 2.26. The number of hydrogen-bond donors (Lipinski definition) is 0. The molecule has 8 heteroatoms. The SMILES string of the molecule is COC(=O)CN(C(=O)c1ncc(Cl)c(Cl)c1Cl)C(C)C. The number of aromatic nitrogens is 1. The van der Waals surface area contributed by atoms with Crippen molar-refractivity contribution in [1.29, 1.82) is 0 Å². The van der Waals surface area contributed by atoms with Crippen LogP contribution in [0.4, 0.5) is 0 Å². The number of carbonyl (C=O) groups is 2. The van der Waals surface area contributed by atoms with Gasteiger partial charge in [0.1, 0.15) is 12.2 Å². The highest BCUT2D eigenvalue weighted by Crippen LogP contribution is 2.31. The van der Waals surface area contributed by atoms with E-state index in [-0.39, 0.29) is 33.3 Å². The summed E-state index contributed by atoms with van der Waals surface area (Å²) in [7, 11) is 1.25. The molecule has 1 rings (SSSR count). The monoisotopic (exact) mass is 338 g/mol. The van der Waals surface area contributed by atoms with Gasteiger partial charge in [0.25, 0.3) is 5.91 Å². The number of amides is 1. The summed E-state index contributed by atoms with van der Waals surface area (Å²) in [6.07, 6.45) is 1.24. The van der Waals surface area contributed by atoms with Crippen LogP contribution >= 0.6 is 34.8 Å². The van der Waals surface area contributed by atoms with Crippen molar-refractivity contribution in [2.45, 2.75) is 19.9 Å². The van der Waals surface area contributed by atoms with Crippen LogP contribution in [0.1, 0.15) is 24.3 Å². The van der Waals surface area contributed by atoms with Gasteiger partial charge in [-0.05, 0) is 13.8 Å². The molecule has 0 aliphatic heterocycles. The minimum absolute atomic E-state index is 0.0420. The summed E-state index contributed by atoms with van der Waals surface area (Å²) in [5.74, 6) is -1.06. The summed E-state index contributed by atoms with van der Waals surface area (Å²) < 4.78 is 4.56. The van der Waals surface area contributed by atoms with Crippen molar-refractivity contribution < 1.29 is 14.3 Å². The van der Waals surface area contributed by atoms with Crippen molar-refractivity contribution >= 4 is 46.7 Å². The third-order valence-corrected chi connectivity index (χ3v) is 3.77. The Morgan fingerprint density at radius 2 is 1.90 bits per heavy atom. The minimum atomic E-state index is -0.539. The number of nitrogens with zero attached hydrogens (tertiary/aromatic N) is 2. The number of esters is 1. The molecule has 0 saturated carbocycles. The Hall–Kier alpha value is -1.04. The smallest absolute Gasteiger partial charge is 0.325 e. The average Bonchev–Trinajstić information content (AvgIpc) is 2.41. The highest BCUT2D eigenvalue weighted by atomic mass is 35.5. The van der Waals surface area contributed by atoms with Crippen molar-refractivity contribution in [2.75, 3.05) is 13.7 Å². The fourth-order valence-electron chi connectivity index (χ4n) is 1.42. The van der Waals surface area contributed by atoms with Crippen LogP contribution in [0.25, 0.3) is 0 Å². The molecule has 110 valence electrons. The number of carbonyl (C=O) groups excluding carboxylic acids is 2. The molecule has 1 aromatic rings. The summed E-state index contributed by atoms with van der Waals surface area (Å²) in [5, 5.41) is 0.158. The van der Waals surface area contributed by atoms with Gasteiger partial charge in [0.2, 0.25) is 0 Å². The van der Waals surface area contributed by atoms with Crippen molar-refractivity contribution in [3.05, 3.63) is 27.0 Å². The first-order valence-electron chi connectivity index (χ1n) is 5.66. The Bertz CT molecular complexity index is 535. The molecule has 1 heterocycles. The van der Waals surface area contributed by atoms with Gasteiger partial charge in [-0.1, -0.05) is 34.8 Å². The predicted octanol–water partition coefficient (Wildman–Crippen LogP) is 3.07. The number of hydrogen-bond acceptors (Lipinski definition) is 4. The lowest BCUT2D eigenvalue weighted by molar-refractivity contribution is -0.141. The molecule has 0 saturated heterocycles. The number of pyridine rings is 1. The van der Waals surface area contributed by atoms with Gasteiger partial charge in [0, 0.05) is 12.2 Å². The van der Waals surface area contributed by atoms with E-state index in [4.69, 9.17) is 34.8 Å². The molecular formula is C12H13Cl3N2O3. The van der Waals surface area contributed by atoms with Gasteiger partial charge in [0.15, 0.2) is 0 Å². The van der Waals surface area contributed by atoms with Crippen LogP contribution in [0, 0.1) is 0 Å². The zero-order valence-electron chi connectivity index (χ0n) is 11.1. The molecule has 0 aliphatic rings. The normalized spacial score (nSPS) is 10.6. The summed E-state index contributed by atoms with van der Waals surface area (Å²) in [6.45, 7) is 3.31. The Morgan fingerprint density at radius 3 is 2.40 bits per heavy atom. The Labute approximate surface area is 131 Å². The van der Waals surface area contributed by atoms with Crippen LogP contribution in [-0.2, 0) is 9.53 Å². The van der Waals surface area contributed by atoms with E-state index < -0.39 is 11.9 Å². The van der Waals surface area contributed by atoms with Gasteiger partial charge < -0.3 is 9.64 Å². The second-order valence-electron chi connectivity index (χ2n) is 4.19. The van der Waals surface area contributed by atoms with Gasteiger partial charge in [0.05, 0.1) is 22.2 Å². The first-order valence-corrected chi connectivity index (χ1v) is 6.80. The second-order valence-corrected chi connectivity index (χ2v) is 5.35. The van der Waals surface area contributed by atoms with Gasteiger partial charge in [-0.3, -0.25) is 9.59 Å². The maximum Gasteiger partial charge on any atom is 0.325 e. The van der Waals surface area contributed by atoms with E-state index in [1.54, 1.807) is 13.8 Å². The lowest BCUT2D eigenvalue weighted by Crippen LogP contribution is -2.41. The summed E-state index contributed by atoms with van der Waals surface area (Å²) in [4.78, 5) is 28.9. The predicted molar refractivity (Wildman–Crippen MR) is 77.5 cm³/mol. The van der Waals surface area contributed by atoms with Crippen LogP contribution in [0.2, 0.25) is 15.1 Å². The van der Waals surface area contributed by atoms with Crippen LogP contribution in [0.15, 0.2) is 6.20 Å². The summed E-state index contributed by atoms with van der Waals surface area (Å²) in [6, 6.07) is -0.242. The molecule has 0 spiro atoms. The van der Waals surface area contributed by atoms with Crippen molar-refractivity contribution in [3.8, 4) is 0 Å². The van der Waals surface area contributed by atoms with Gasteiger partial charge in [-0.15, -0.1) is 0 Å². The van der Waals surface area contributed by atoms with E-state index in [1.807, 2.05) is 0 Å². The van der Waals surface area contributed by atoms with Crippen LogP contribution in [0.3, 0.4) is 0 Å². The second kappa shape index (κ2) is 7.11. The summed E-state index contributed by atoms with van der Waals surface area (Å²) >= 11 is 17.6. The molecule has 20 heavy (non-hydrogen) atoms. The van der Waals surface area contributed by atoms with Gasteiger partial charge in [-0.25, -0.2) is 4.98 Å². The molecule has 0 aromatic carbocycles. The molecule has 1 amide bonds. The van der Waals surface area contributed by atoms with Gasteiger partial charge in [-0.2, -0.15) is 0 Å². The van der Waals surface area contributed by atoms with Crippen LogP contribution < -0.4 is 0 Å². The highest BCUT2D eigenvalue weighted by molar-refractivity contribution is 6.48. The zero-order valence-corrected chi connectivity index (χ0v) is 13.4. The summed E-state index contributed by atoms with van der Waals surface area (Å²) in [5.41, 5.74) is -0.0568. The molecule has 0 fully saturated rings. The first kappa shape index (κ1) is 17.0.